The number of aryl methyl sites for hydroxylation is 1. The highest BCUT2D eigenvalue weighted by Crippen LogP contribution is 2.16. The summed E-state index contributed by atoms with van der Waals surface area (Å²) >= 11 is 1.74. The molecular formula is C21H30IN5OS. The molecule has 1 aliphatic heterocycles. The second-order valence-electron chi connectivity index (χ2n) is 6.86. The Labute approximate surface area is 194 Å². The van der Waals surface area contributed by atoms with E-state index in [2.05, 4.69) is 47.7 Å². The van der Waals surface area contributed by atoms with Crippen LogP contribution < -0.4 is 10.6 Å². The summed E-state index contributed by atoms with van der Waals surface area (Å²) in [5.74, 6) is 1.05. The van der Waals surface area contributed by atoms with Crippen molar-refractivity contribution in [3.8, 4) is 0 Å². The third-order valence-electron chi connectivity index (χ3n) is 4.66. The number of hydrogen-bond acceptors (Lipinski definition) is 4. The van der Waals surface area contributed by atoms with E-state index in [-0.39, 0.29) is 29.9 Å². The topological polar surface area (TPSA) is 69.6 Å². The van der Waals surface area contributed by atoms with Crippen LogP contribution in [0.1, 0.15) is 47.7 Å². The molecule has 1 aliphatic rings. The van der Waals surface area contributed by atoms with Crippen LogP contribution in [0.25, 0.3) is 0 Å². The van der Waals surface area contributed by atoms with E-state index in [0.29, 0.717) is 26.1 Å². The molecule has 0 spiro atoms. The van der Waals surface area contributed by atoms with Crippen molar-refractivity contribution >= 4 is 47.2 Å². The number of rotatable bonds is 8. The van der Waals surface area contributed by atoms with Gasteiger partial charge in [0.25, 0.3) is 0 Å². The number of nitrogens with one attached hydrogen (secondary N) is 2. The molecule has 1 fully saturated rings. The van der Waals surface area contributed by atoms with Gasteiger partial charge in [-0.15, -0.1) is 35.3 Å². The monoisotopic (exact) mass is 527 g/mol. The number of guanidine groups is 1. The zero-order chi connectivity index (χ0) is 19.8. The Bertz CT molecular complexity index is 823. The average molecular weight is 527 g/mol. The lowest BCUT2D eigenvalue weighted by Gasteiger charge is -2.16. The van der Waals surface area contributed by atoms with Crippen molar-refractivity contribution in [1.82, 2.24) is 20.5 Å². The van der Waals surface area contributed by atoms with Crippen molar-refractivity contribution in [2.45, 2.75) is 52.7 Å². The third kappa shape index (κ3) is 7.26. The number of carbonyl (C=O) groups is 1. The van der Waals surface area contributed by atoms with Gasteiger partial charge < -0.3 is 15.5 Å². The number of aliphatic imine (C=N–C) groups is 1. The Morgan fingerprint density at radius 2 is 2.10 bits per heavy atom. The summed E-state index contributed by atoms with van der Waals surface area (Å²) in [5, 5.41) is 7.71. The van der Waals surface area contributed by atoms with E-state index in [1.165, 1.54) is 4.88 Å². The Morgan fingerprint density at radius 1 is 1.28 bits per heavy atom. The van der Waals surface area contributed by atoms with Crippen LogP contribution in [0.15, 0.2) is 35.5 Å². The maximum atomic E-state index is 11.8. The molecule has 0 aliphatic carbocycles. The summed E-state index contributed by atoms with van der Waals surface area (Å²) in [7, 11) is 0. The van der Waals surface area contributed by atoms with Crippen molar-refractivity contribution < 1.29 is 4.79 Å². The highest BCUT2D eigenvalue weighted by atomic mass is 127. The summed E-state index contributed by atoms with van der Waals surface area (Å²) in [6.45, 7) is 7.84. The number of thiazole rings is 1. The number of nitrogens with zero attached hydrogens (tertiary/aromatic N) is 3. The Hall–Kier alpha value is -1.68. The molecule has 1 saturated heterocycles. The zero-order valence-corrected chi connectivity index (χ0v) is 20.3. The van der Waals surface area contributed by atoms with E-state index in [1.54, 1.807) is 11.3 Å². The molecule has 29 heavy (non-hydrogen) atoms. The van der Waals surface area contributed by atoms with E-state index in [9.17, 15) is 4.79 Å². The summed E-state index contributed by atoms with van der Waals surface area (Å²) in [6.07, 6.45) is 4.62. The third-order valence-corrected chi connectivity index (χ3v) is 5.80. The quantitative estimate of drug-likeness (QED) is 0.312. The van der Waals surface area contributed by atoms with Gasteiger partial charge in [0.2, 0.25) is 5.91 Å². The fourth-order valence-corrected chi connectivity index (χ4v) is 3.98. The largest absolute Gasteiger partial charge is 0.357 e. The number of halogens is 1. The van der Waals surface area contributed by atoms with Crippen LogP contribution in [0, 0.1) is 0 Å². The van der Waals surface area contributed by atoms with Crippen molar-refractivity contribution in [3.63, 3.8) is 0 Å². The molecule has 2 heterocycles. The molecule has 8 heteroatoms. The lowest BCUT2D eigenvalue weighted by molar-refractivity contribution is -0.128. The summed E-state index contributed by atoms with van der Waals surface area (Å²) in [6, 6.07) is 8.35. The van der Waals surface area contributed by atoms with Gasteiger partial charge in [-0.25, -0.2) is 9.98 Å². The smallest absolute Gasteiger partial charge is 0.222 e. The van der Waals surface area contributed by atoms with Crippen LogP contribution in [0.4, 0.5) is 0 Å². The minimum Gasteiger partial charge on any atom is -0.357 e. The zero-order valence-electron chi connectivity index (χ0n) is 17.1. The van der Waals surface area contributed by atoms with Gasteiger partial charge in [-0.1, -0.05) is 31.2 Å². The molecule has 2 N–H and O–H groups in total. The van der Waals surface area contributed by atoms with Crippen LogP contribution >= 0.6 is 35.3 Å². The van der Waals surface area contributed by atoms with Crippen LogP contribution in [0.3, 0.4) is 0 Å². The Balaban J connectivity index is 0.00000300. The van der Waals surface area contributed by atoms with Gasteiger partial charge in [-0.05, 0) is 30.9 Å². The van der Waals surface area contributed by atoms with E-state index in [0.717, 1.165) is 48.0 Å². The first-order chi connectivity index (χ1) is 13.7. The molecule has 158 valence electrons. The lowest BCUT2D eigenvalue weighted by atomic mass is 10.1. The van der Waals surface area contributed by atoms with E-state index < -0.39 is 0 Å². The van der Waals surface area contributed by atoms with Crippen LogP contribution in [-0.2, 0) is 30.8 Å². The molecule has 1 amide bonds. The van der Waals surface area contributed by atoms with Crippen molar-refractivity contribution in [2.75, 3.05) is 13.1 Å². The molecular weight excluding hydrogens is 497 g/mol. The van der Waals surface area contributed by atoms with Gasteiger partial charge >= 0.3 is 0 Å². The maximum Gasteiger partial charge on any atom is 0.222 e. The molecule has 0 saturated carbocycles. The van der Waals surface area contributed by atoms with Crippen LogP contribution in [-0.4, -0.2) is 34.8 Å². The first-order valence-corrected chi connectivity index (χ1v) is 10.8. The fraction of sp³-hybridized carbons (Fsp3) is 0.476. The number of carbonyl (C=O) groups excluding carboxylic acids is 1. The molecule has 0 radical (unpaired) electrons. The first-order valence-electron chi connectivity index (χ1n) is 9.99. The maximum absolute atomic E-state index is 11.8. The normalized spacial score (nSPS) is 14.1. The molecule has 2 aromatic rings. The Kier molecular flexibility index (Phi) is 9.86. The molecule has 0 unspecified atom stereocenters. The predicted octanol–water partition coefficient (Wildman–Crippen LogP) is 3.70. The lowest BCUT2D eigenvalue weighted by Crippen LogP contribution is -2.36. The number of amides is 1. The SMILES string of the molecule is CCNC(=NCc1cccc(CN2CCCC2=O)c1)NCc1ncc(CC)s1.I. The number of likely N-dealkylation sites (tertiary alicyclic amines) is 1. The van der Waals surface area contributed by atoms with Crippen LogP contribution in [0.2, 0.25) is 0 Å². The van der Waals surface area contributed by atoms with Gasteiger partial charge in [-0.2, -0.15) is 0 Å². The number of benzene rings is 1. The number of aromatic nitrogens is 1. The molecule has 0 bridgehead atoms. The summed E-state index contributed by atoms with van der Waals surface area (Å²) in [5.41, 5.74) is 2.31. The summed E-state index contributed by atoms with van der Waals surface area (Å²) < 4.78 is 0. The van der Waals surface area contributed by atoms with Crippen LogP contribution in [0.5, 0.6) is 0 Å². The first kappa shape index (κ1) is 23.6. The van der Waals surface area contributed by atoms with Gasteiger partial charge in [-0.3, -0.25) is 4.79 Å². The molecule has 1 aromatic heterocycles. The van der Waals surface area contributed by atoms with Crippen molar-refractivity contribution in [2.24, 2.45) is 4.99 Å². The molecule has 3 rings (SSSR count). The summed E-state index contributed by atoms with van der Waals surface area (Å²) in [4.78, 5) is 24.2. The Morgan fingerprint density at radius 3 is 2.79 bits per heavy atom. The second kappa shape index (κ2) is 12.1. The standard InChI is InChI=1S/C21H29N5OS.HI/c1-3-18-13-23-19(28-18)14-25-21(22-4-2)24-12-16-7-5-8-17(11-16)15-26-10-6-9-20(26)27;/h5,7-8,11,13H,3-4,6,9-10,12,14-15H2,1-2H3,(H2,22,24,25);1H. The minimum absolute atomic E-state index is 0. The highest BCUT2D eigenvalue weighted by molar-refractivity contribution is 14.0. The second-order valence-corrected chi connectivity index (χ2v) is 8.06. The van der Waals surface area contributed by atoms with E-state index in [1.807, 2.05) is 17.2 Å². The highest BCUT2D eigenvalue weighted by Gasteiger charge is 2.19. The van der Waals surface area contributed by atoms with Gasteiger partial charge in [0.1, 0.15) is 5.01 Å². The molecule has 1 aromatic carbocycles. The molecule has 0 atom stereocenters. The average Bonchev–Trinajstić information content (AvgIpc) is 3.33. The molecule has 6 nitrogen and oxygen atoms in total. The van der Waals surface area contributed by atoms with Gasteiger partial charge in [0, 0.05) is 37.1 Å². The minimum atomic E-state index is 0. The van der Waals surface area contributed by atoms with Crippen molar-refractivity contribution in [1.29, 1.82) is 0 Å². The predicted molar refractivity (Wildman–Crippen MR) is 130 cm³/mol. The van der Waals surface area contributed by atoms with E-state index in [4.69, 9.17) is 4.99 Å². The fourth-order valence-electron chi connectivity index (χ4n) is 3.18. The van der Waals surface area contributed by atoms with Crippen molar-refractivity contribution in [3.05, 3.63) is 51.5 Å². The van der Waals surface area contributed by atoms with Gasteiger partial charge in [0.05, 0.1) is 13.1 Å². The number of hydrogen-bond donors (Lipinski definition) is 2. The van der Waals surface area contributed by atoms with E-state index >= 15 is 0 Å². The van der Waals surface area contributed by atoms with Gasteiger partial charge in [0.15, 0.2) is 5.96 Å².